The Bertz CT molecular complexity index is 451. The Labute approximate surface area is 113 Å². The highest BCUT2D eigenvalue weighted by Gasteiger charge is 2.07. The molecule has 1 aromatic rings. The molecule has 0 radical (unpaired) electrons. The van der Waals surface area contributed by atoms with E-state index in [9.17, 15) is 14.7 Å². The molecule has 0 atom stereocenters. The number of benzene rings is 1. The number of aromatic hydroxyl groups is 1. The lowest BCUT2D eigenvalue weighted by Crippen LogP contribution is -1.99. The van der Waals surface area contributed by atoms with Crippen molar-refractivity contribution >= 4 is 11.8 Å². The van der Waals surface area contributed by atoms with Crippen LogP contribution in [0.3, 0.4) is 0 Å². The van der Waals surface area contributed by atoms with Crippen LogP contribution >= 0.6 is 0 Å². The number of rotatable bonds is 8. The van der Waals surface area contributed by atoms with Gasteiger partial charge in [-0.05, 0) is 43.5 Å². The number of carbonyl (C=O) groups excluding carboxylic acids is 1. The fraction of sp³-hybridized carbons (Fsp3) is 0.467. The fourth-order valence-electron chi connectivity index (χ4n) is 1.89. The zero-order chi connectivity index (χ0) is 14.3. The molecule has 104 valence electrons. The quantitative estimate of drug-likeness (QED) is 0.558. The Kier molecular flexibility index (Phi) is 6.06. The third kappa shape index (κ3) is 5.55. The van der Waals surface area contributed by atoms with Gasteiger partial charge in [0, 0.05) is 18.4 Å². The van der Waals surface area contributed by atoms with Crippen LogP contribution in [0.25, 0.3) is 0 Å². The number of Topliss-reactive ketones (excluding diaryl/α,β-unsaturated/α-hetero) is 1. The van der Waals surface area contributed by atoms with E-state index in [1.54, 1.807) is 19.1 Å². The summed E-state index contributed by atoms with van der Waals surface area (Å²) in [7, 11) is 0. The van der Waals surface area contributed by atoms with Crippen molar-refractivity contribution in [1.82, 2.24) is 0 Å². The molecule has 0 unspecified atom stereocenters. The van der Waals surface area contributed by atoms with E-state index in [2.05, 4.69) is 0 Å². The summed E-state index contributed by atoms with van der Waals surface area (Å²) >= 11 is 0. The number of ketones is 1. The van der Waals surface area contributed by atoms with Crippen molar-refractivity contribution in [3.05, 3.63) is 29.3 Å². The Morgan fingerprint density at radius 2 is 1.68 bits per heavy atom. The molecule has 1 rings (SSSR count). The zero-order valence-corrected chi connectivity index (χ0v) is 11.2. The van der Waals surface area contributed by atoms with Crippen molar-refractivity contribution in [2.24, 2.45) is 0 Å². The first kappa shape index (κ1) is 15.2. The van der Waals surface area contributed by atoms with E-state index in [0.29, 0.717) is 24.0 Å². The number of carboxylic acid groups (broad SMARTS) is 1. The number of carboxylic acids is 1. The van der Waals surface area contributed by atoms with Gasteiger partial charge in [0.05, 0.1) is 0 Å². The van der Waals surface area contributed by atoms with E-state index in [-0.39, 0.29) is 18.0 Å². The summed E-state index contributed by atoms with van der Waals surface area (Å²) in [5, 5.41) is 17.9. The predicted octanol–water partition coefficient (Wildman–Crippen LogP) is 3.31. The van der Waals surface area contributed by atoms with Gasteiger partial charge in [-0.15, -0.1) is 0 Å². The van der Waals surface area contributed by atoms with Gasteiger partial charge >= 0.3 is 5.97 Å². The summed E-state index contributed by atoms with van der Waals surface area (Å²) in [6, 6.07) is 4.87. The van der Waals surface area contributed by atoms with Crippen LogP contribution in [0.1, 0.15) is 54.4 Å². The topological polar surface area (TPSA) is 74.6 Å². The van der Waals surface area contributed by atoms with Gasteiger partial charge in [-0.1, -0.05) is 12.8 Å². The van der Waals surface area contributed by atoms with Crippen molar-refractivity contribution in [2.45, 2.75) is 45.4 Å². The molecule has 4 nitrogen and oxygen atoms in total. The summed E-state index contributed by atoms with van der Waals surface area (Å²) in [5.41, 5.74) is 1.33. The Morgan fingerprint density at radius 1 is 1.05 bits per heavy atom. The van der Waals surface area contributed by atoms with Crippen LogP contribution in [-0.2, 0) is 4.79 Å². The Hall–Kier alpha value is -1.84. The summed E-state index contributed by atoms with van der Waals surface area (Å²) in [4.78, 5) is 22.2. The molecular weight excluding hydrogens is 244 g/mol. The molecule has 0 aliphatic rings. The van der Waals surface area contributed by atoms with Crippen molar-refractivity contribution < 1.29 is 19.8 Å². The molecule has 1 aromatic carbocycles. The van der Waals surface area contributed by atoms with Crippen LogP contribution in [-0.4, -0.2) is 22.0 Å². The highest BCUT2D eigenvalue weighted by Crippen LogP contribution is 2.18. The van der Waals surface area contributed by atoms with E-state index in [1.807, 2.05) is 0 Å². The van der Waals surface area contributed by atoms with Gasteiger partial charge in [-0.2, -0.15) is 0 Å². The molecule has 0 aromatic heterocycles. The number of carbonyl (C=O) groups is 2. The van der Waals surface area contributed by atoms with Crippen LogP contribution in [0.2, 0.25) is 0 Å². The van der Waals surface area contributed by atoms with E-state index in [4.69, 9.17) is 5.11 Å². The summed E-state index contributed by atoms with van der Waals surface area (Å²) in [5.74, 6) is -0.498. The number of phenols is 1. The lowest BCUT2D eigenvalue weighted by Gasteiger charge is -2.04. The van der Waals surface area contributed by atoms with Crippen LogP contribution in [0.15, 0.2) is 18.2 Å². The van der Waals surface area contributed by atoms with E-state index in [1.165, 1.54) is 6.07 Å². The number of unbranched alkanes of at least 4 members (excludes halogenated alkanes) is 3. The molecule has 0 saturated heterocycles. The molecule has 4 heteroatoms. The largest absolute Gasteiger partial charge is 0.508 e. The predicted molar refractivity (Wildman–Crippen MR) is 72.5 cm³/mol. The zero-order valence-electron chi connectivity index (χ0n) is 11.2. The molecular formula is C15H20O4. The molecule has 0 bridgehead atoms. The van der Waals surface area contributed by atoms with Gasteiger partial charge in [0.15, 0.2) is 5.78 Å². The van der Waals surface area contributed by atoms with Crippen LogP contribution in [0.4, 0.5) is 0 Å². The maximum atomic E-state index is 11.9. The average molecular weight is 264 g/mol. The fourth-order valence-corrected chi connectivity index (χ4v) is 1.89. The van der Waals surface area contributed by atoms with E-state index in [0.717, 1.165) is 19.3 Å². The minimum atomic E-state index is -0.768. The minimum absolute atomic E-state index is 0.0707. The number of hydrogen-bond donors (Lipinski definition) is 2. The van der Waals surface area contributed by atoms with Gasteiger partial charge in [0.25, 0.3) is 0 Å². The molecule has 0 aliphatic carbocycles. The molecule has 0 aliphatic heterocycles. The third-order valence-corrected chi connectivity index (χ3v) is 3.06. The highest BCUT2D eigenvalue weighted by molar-refractivity contribution is 5.96. The van der Waals surface area contributed by atoms with Crippen molar-refractivity contribution in [3.63, 3.8) is 0 Å². The average Bonchev–Trinajstić information content (AvgIpc) is 2.36. The van der Waals surface area contributed by atoms with E-state index >= 15 is 0 Å². The van der Waals surface area contributed by atoms with Gasteiger partial charge in [0.1, 0.15) is 5.75 Å². The lowest BCUT2D eigenvalue weighted by atomic mass is 10.0. The molecule has 2 N–H and O–H groups in total. The second kappa shape index (κ2) is 7.56. The minimum Gasteiger partial charge on any atom is -0.508 e. The Morgan fingerprint density at radius 3 is 2.26 bits per heavy atom. The first-order valence-corrected chi connectivity index (χ1v) is 6.55. The van der Waals surface area contributed by atoms with Gasteiger partial charge in [-0.3, -0.25) is 9.59 Å². The molecule has 0 saturated carbocycles. The molecule has 0 fully saturated rings. The van der Waals surface area contributed by atoms with Crippen molar-refractivity contribution in [1.29, 1.82) is 0 Å². The first-order valence-electron chi connectivity index (χ1n) is 6.55. The van der Waals surface area contributed by atoms with Crippen LogP contribution < -0.4 is 0 Å². The number of aryl methyl sites for hydroxylation is 1. The van der Waals surface area contributed by atoms with Crippen molar-refractivity contribution in [3.8, 4) is 5.75 Å². The maximum absolute atomic E-state index is 11.9. The number of hydrogen-bond acceptors (Lipinski definition) is 3. The SMILES string of the molecule is Cc1cc(C(=O)CCCCCCC(=O)O)ccc1O. The van der Waals surface area contributed by atoms with Crippen molar-refractivity contribution in [2.75, 3.05) is 0 Å². The van der Waals surface area contributed by atoms with Crippen LogP contribution in [0, 0.1) is 6.92 Å². The smallest absolute Gasteiger partial charge is 0.303 e. The summed E-state index contributed by atoms with van der Waals surface area (Å²) < 4.78 is 0. The third-order valence-electron chi connectivity index (χ3n) is 3.06. The number of aliphatic carboxylic acids is 1. The first-order chi connectivity index (χ1) is 9.00. The molecule has 0 heterocycles. The molecule has 0 spiro atoms. The summed E-state index contributed by atoms with van der Waals surface area (Å²) in [6.07, 6.45) is 3.83. The lowest BCUT2D eigenvalue weighted by molar-refractivity contribution is -0.137. The van der Waals surface area contributed by atoms with Gasteiger partial charge < -0.3 is 10.2 Å². The van der Waals surface area contributed by atoms with Crippen LogP contribution in [0.5, 0.6) is 5.75 Å². The number of phenolic OH excluding ortho intramolecular Hbond substituents is 1. The second-order valence-electron chi connectivity index (χ2n) is 4.73. The monoisotopic (exact) mass is 264 g/mol. The normalized spacial score (nSPS) is 10.4. The Balaban J connectivity index is 2.27. The molecule has 19 heavy (non-hydrogen) atoms. The summed E-state index contributed by atoms with van der Waals surface area (Å²) in [6.45, 7) is 1.76. The molecule has 0 amide bonds. The van der Waals surface area contributed by atoms with E-state index < -0.39 is 5.97 Å². The van der Waals surface area contributed by atoms with Gasteiger partial charge in [0.2, 0.25) is 0 Å². The highest BCUT2D eigenvalue weighted by atomic mass is 16.4. The maximum Gasteiger partial charge on any atom is 0.303 e. The van der Waals surface area contributed by atoms with Gasteiger partial charge in [-0.25, -0.2) is 0 Å². The second-order valence-corrected chi connectivity index (χ2v) is 4.73. The standard InChI is InChI=1S/C15H20O4/c1-11-10-12(8-9-13(11)16)14(17)6-4-2-3-5-7-15(18)19/h8-10,16H,2-7H2,1H3,(H,18,19).